The lowest BCUT2D eigenvalue weighted by Gasteiger charge is -2.18. The molecule has 1 aromatic heterocycles. The quantitative estimate of drug-likeness (QED) is 0.700. The van der Waals surface area contributed by atoms with Gasteiger partial charge in [-0.2, -0.15) is 0 Å². The van der Waals surface area contributed by atoms with Crippen molar-refractivity contribution in [1.29, 1.82) is 0 Å². The molecule has 1 saturated heterocycles. The van der Waals surface area contributed by atoms with E-state index >= 15 is 0 Å². The number of fused-ring (bicyclic) bond motifs is 1. The van der Waals surface area contributed by atoms with Crippen LogP contribution in [0, 0.1) is 11.8 Å². The zero-order chi connectivity index (χ0) is 19.0. The molecule has 1 aliphatic heterocycles. The molecule has 2 atom stereocenters. The van der Waals surface area contributed by atoms with Crippen molar-refractivity contribution >= 4 is 28.4 Å². The summed E-state index contributed by atoms with van der Waals surface area (Å²) in [5.74, 6) is -1.39. The van der Waals surface area contributed by atoms with Crippen LogP contribution in [0.5, 0.6) is 5.75 Å². The average molecular weight is 361 g/mol. The molecule has 2 heterocycles. The SMILES string of the molecule is CC(Cc1ccc(O)c2ncccc12)C1C(=O)NN(c2ccccc2)C1=O. The Kier molecular flexibility index (Phi) is 4.24. The largest absolute Gasteiger partial charge is 0.506 e. The maximum Gasteiger partial charge on any atom is 0.258 e. The van der Waals surface area contributed by atoms with Crippen molar-refractivity contribution in [3.05, 3.63) is 66.4 Å². The molecule has 2 aromatic carbocycles. The second-order valence-electron chi connectivity index (χ2n) is 6.79. The summed E-state index contributed by atoms with van der Waals surface area (Å²) in [5.41, 5.74) is 4.79. The van der Waals surface area contributed by atoms with Crippen LogP contribution in [-0.2, 0) is 16.0 Å². The van der Waals surface area contributed by atoms with Gasteiger partial charge >= 0.3 is 0 Å². The fourth-order valence-electron chi connectivity index (χ4n) is 3.62. The van der Waals surface area contributed by atoms with E-state index in [1.54, 1.807) is 30.5 Å². The Morgan fingerprint density at radius 2 is 1.89 bits per heavy atom. The molecule has 2 unspecified atom stereocenters. The number of rotatable bonds is 4. The molecule has 0 aliphatic carbocycles. The first-order valence-corrected chi connectivity index (χ1v) is 8.81. The van der Waals surface area contributed by atoms with Crippen LogP contribution in [0.2, 0.25) is 0 Å². The van der Waals surface area contributed by atoms with Crippen LogP contribution >= 0.6 is 0 Å². The van der Waals surface area contributed by atoms with Gasteiger partial charge in [0, 0.05) is 11.6 Å². The van der Waals surface area contributed by atoms with Gasteiger partial charge in [0.15, 0.2) is 0 Å². The lowest BCUT2D eigenvalue weighted by atomic mass is 9.86. The van der Waals surface area contributed by atoms with E-state index in [0.717, 1.165) is 10.9 Å². The number of phenolic OH excluding ortho intramolecular Hbond substituents is 1. The van der Waals surface area contributed by atoms with Gasteiger partial charge < -0.3 is 5.11 Å². The Hall–Kier alpha value is -3.41. The molecule has 1 aliphatic rings. The number of nitrogens with zero attached hydrogens (tertiary/aromatic N) is 2. The molecule has 3 aromatic rings. The van der Waals surface area contributed by atoms with Gasteiger partial charge in [-0.05, 0) is 42.2 Å². The highest BCUT2D eigenvalue weighted by atomic mass is 16.3. The molecule has 6 nitrogen and oxygen atoms in total. The maximum atomic E-state index is 12.9. The molecule has 0 radical (unpaired) electrons. The second kappa shape index (κ2) is 6.72. The molecule has 6 heteroatoms. The van der Waals surface area contributed by atoms with Gasteiger partial charge in [0.25, 0.3) is 11.8 Å². The lowest BCUT2D eigenvalue weighted by Crippen LogP contribution is -2.35. The minimum atomic E-state index is -0.759. The number of para-hydroxylation sites is 1. The standard InChI is InChI=1S/C21H19N3O3/c1-13(12-14-9-10-17(25)19-16(14)8-5-11-22-19)18-20(26)23-24(21(18)27)15-6-3-2-4-7-15/h2-11,13,18,25H,12H2,1H3,(H,23,26). The first-order valence-electron chi connectivity index (χ1n) is 8.81. The number of phenols is 1. The van der Waals surface area contributed by atoms with Crippen LogP contribution in [0.4, 0.5) is 5.69 Å². The first-order chi connectivity index (χ1) is 13.1. The number of amides is 2. The van der Waals surface area contributed by atoms with E-state index in [0.29, 0.717) is 17.6 Å². The van der Waals surface area contributed by atoms with Crippen LogP contribution in [0.15, 0.2) is 60.8 Å². The summed E-state index contributed by atoms with van der Waals surface area (Å²) in [6.45, 7) is 1.89. The van der Waals surface area contributed by atoms with E-state index in [1.165, 1.54) is 5.01 Å². The van der Waals surface area contributed by atoms with Gasteiger partial charge in [-0.25, -0.2) is 5.01 Å². The molecule has 136 valence electrons. The lowest BCUT2D eigenvalue weighted by molar-refractivity contribution is -0.129. The summed E-state index contributed by atoms with van der Waals surface area (Å²) in [7, 11) is 0. The Bertz CT molecular complexity index is 1020. The van der Waals surface area contributed by atoms with E-state index < -0.39 is 5.92 Å². The molecule has 27 heavy (non-hydrogen) atoms. The van der Waals surface area contributed by atoms with Crippen molar-refractivity contribution in [2.24, 2.45) is 11.8 Å². The second-order valence-corrected chi connectivity index (χ2v) is 6.79. The smallest absolute Gasteiger partial charge is 0.258 e. The van der Waals surface area contributed by atoms with Crippen molar-refractivity contribution in [2.45, 2.75) is 13.3 Å². The number of anilines is 1. The molecular weight excluding hydrogens is 342 g/mol. The summed E-state index contributed by atoms with van der Waals surface area (Å²) in [6, 6.07) is 16.2. The number of hydrazine groups is 1. The number of aromatic nitrogens is 1. The highest BCUT2D eigenvalue weighted by Gasteiger charge is 2.43. The van der Waals surface area contributed by atoms with E-state index in [2.05, 4.69) is 10.4 Å². The van der Waals surface area contributed by atoms with Gasteiger partial charge in [-0.3, -0.25) is 20.0 Å². The molecule has 0 spiro atoms. The van der Waals surface area contributed by atoms with Crippen LogP contribution in [-0.4, -0.2) is 21.9 Å². The third-order valence-corrected chi connectivity index (χ3v) is 4.95. The summed E-state index contributed by atoms with van der Waals surface area (Å²) >= 11 is 0. The number of pyridine rings is 1. The van der Waals surface area contributed by atoms with Gasteiger partial charge in [0.05, 0.1) is 5.69 Å². The number of carbonyl (C=O) groups excluding carboxylic acids is 2. The monoisotopic (exact) mass is 361 g/mol. The van der Waals surface area contributed by atoms with E-state index in [-0.39, 0.29) is 23.5 Å². The van der Waals surface area contributed by atoms with Crippen molar-refractivity contribution in [1.82, 2.24) is 10.4 Å². The van der Waals surface area contributed by atoms with Crippen LogP contribution in [0.3, 0.4) is 0 Å². The molecule has 1 fully saturated rings. The summed E-state index contributed by atoms with van der Waals surface area (Å²) < 4.78 is 0. The topological polar surface area (TPSA) is 82.5 Å². The predicted octanol–water partition coefficient (Wildman–Crippen LogP) is 2.81. The fourth-order valence-corrected chi connectivity index (χ4v) is 3.62. The fraction of sp³-hybridized carbons (Fsp3) is 0.190. The Morgan fingerprint density at radius 1 is 1.11 bits per heavy atom. The first kappa shape index (κ1) is 17.0. The number of hydrogen-bond donors (Lipinski definition) is 2. The number of carbonyl (C=O) groups is 2. The third kappa shape index (κ3) is 2.99. The minimum absolute atomic E-state index is 0.118. The molecular formula is C21H19N3O3. The molecule has 2 amide bonds. The summed E-state index contributed by atoms with van der Waals surface area (Å²) in [4.78, 5) is 29.6. The van der Waals surface area contributed by atoms with Crippen LogP contribution in [0.1, 0.15) is 12.5 Å². The Labute approximate surface area is 156 Å². The number of nitrogens with one attached hydrogen (secondary N) is 1. The summed E-state index contributed by atoms with van der Waals surface area (Å²) in [6.07, 6.45) is 2.15. The minimum Gasteiger partial charge on any atom is -0.506 e. The van der Waals surface area contributed by atoms with E-state index in [4.69, 9.17) is 0 Å². The number of aromatic hydroxyl groups is 1. The van der Waals surface area contributed by atoms with Crippen molar-refractivity contribution < 1.29 is 14.7 Å². The molecule has 0 bridgehead atoms. The summed E-state index contributed by atoms with van der Waals surface area (Å²) in [5, 5.41) is 12.1. The number of benzene rings is 2. The molecule has 0 saturated carbocycles. The van der Waals surface area contributed by atoms with Gasteiger partial charge in [0.1, 0.15) is 17.2 Å². The molecule has 2 N–H and O–H groups in total. The van der Waals surface area contributed by atoms with E-state index in [1.807, 2.05) is 37.3 Å². The zero-order valence-corrected chi connectivity index (χ0v) is 14.8. The van der Waals surface area contributed by atoms with Gasteiger partial charge in [0.2, 0.25) is 0 Å². The number of hydrogen-bond acceptors (Lipinski definition) is 4. The van der Waals surface area contributed by atoms with Crippen molar-refractivity contribution in [3.63, 3.8) is 0 Å². The van der Waals surface area contributed by atoms with Crippen molar-refractivity contribution in [2.75, 3.05) is 5.01 Å². The van der Waals surface area contributed by atoms with Crippen LogP contribution < -0.4 is 10.4 Å². The predicted molar refractivity (Wildman–Crippen MR) is 102 cm³/mol. The maximum absolute atomic E-state index is 12.9. The van der Waals surface area contributed by atoms with Crippen LogP contribution in [0.25, 0.3) is 10.9 Å². The highest BCUT2D eigenvalue weighted by molar-refractivity contribution is 6.14. The van der Waals surface area contributed by atoms with Gasteiger partial charge in [-0.1, -0.05) is 37.3 Å². The third-order valence-electron chi connectivity index (χ3n) is 4.95. The zero-order valence-electron chi connectivity index (χ0n) is 14.8. The Morgan fingerprint density at radius 3 is 2.67 bits per heavy atom. The molecule has 4 rings (SSSR count). The van der Waals surface area contributed by atoms with E-state index in [9.17, 15) is 14.7 Å². The Balaban J connectivity index is 1.60. The average Bonchev–Trinajstić information content (AvgIpc) is 2.99. The highest BCUT2D eigenvalue weighted by Crippen LogP contribution is 2.31. The van der Waals surface area contributed by atoms with Crippen molar-refractivity contribution in [3.8, 4) is 5.75 Å². The van der Waals surface area contributed by atoms with Gasteiger partial charge in [-0.15, -0.1) is 0 Å². The normalized spacial score (nSPS) is 18.0.